The van der Waals surface area contributed by atoms with E-state index >= 15 is 0 Å². The lowest BCUT2D eigenvalue weighted by atomic mass is 9.81. The number of rotatable bonds is 7. The van der Waals surface area contributed by atoms with Gasteiger partial charge in [-0.15, -0.1) is 11.3 Å². The van der Waals surface area contributed by atoms with Crippen LogP contribution in [0, 0.1) is 0 Å². The number of ether oxygens (including phenoxy) is 1. The number of nitrogens with zero attached hydrogens (tertiary/aromatic N) is 3. The zero-order chi connectivity index (χ0) is 35.6. The number of allylic oxidation sites excluding steroid dienone is 1. The van der Waals surface area contributed by atoms with E-state index in [0.717, 1.165) is 101 Å². The molecule has 268 valence electrons. The summed E-state index contributed by atoms with van der Waals surface area (Å²) in [4.78, 5) is 33.3. The molecular weight excluding hydrogens is 681 g/mol. The number of nitrogens with one attached hydrogen (secondary N) is 1. The highest BCUT2D eigenvalue weighted by atomic mass is 32.2. The average molecular weight is 727 g/mol. The van der Waals surface area contributed by atoms with Gasteiger partial charge in [-0.2, -0.15) is 0 Å². The molecule has 2 aromatic carbocycles. The first-order valence-electron chi connectivity index (χ1n) is 18.2. The number of piperazine rings is 1. The lowest BCUT2D eigenvalue weighted by molar-refractivity contribution is 0.0473. The summed E-state index contributed by atoms with van der Waals surface area (Å²) in [7, 11) is 0.0111. The highest BCUT2D eigenvalue weighted by Gasteiger charge is 2.42. The third kappa shape index (κ3) is 6.00. The van der Waals surface area contributed by atoms with Crippen LogP contribution in [0.15, 0.2) is 47.8 Å². The van der Waals surface area contributed by atoms with Crippen molar-refractivity contribution >= 4 is 55.7 Å². The zero-order valence-electron chi connectivity index (χ0n) is 29.8. The molecule has 0 spiro atoms. The van der Waals surface area contributed by atoms with Crippen LogP contribution in [0.1, 0.15) is 101 Å². The Hall–Kier alpha value is -3.93. The SMILES string of the molecule is COc1ccc2c(c1)C=C(c1sccc1C(=O)N1C3CCC1CN(C)C3)Cn1c-2c(C2CCCCC2)c2ccc(C(=O)NS(=O)(=O)C(C)C)cc21. The van der Waals surface area contributed by atoms with Crippen LogP contribution in [-0.2, 0) is 16.6 Å². The number of hydrogen-bond acceptors (Lipinski definition) is 7. The predicted octanol–water partition coefficient (Wildman–Crippen LogP) is 7.37. The van der Waals surface area contributed by atoms with Crippen molar-refractivity contribution in [3.63, 3.8) is 0 Å². The number of sulfonamides is 1. The molecule has 2 atom stereocenters. The second-order valence-corrected chi connectivity index (χ2v) is 18.2. The molecule has 3 aliphatic heterocycles. The highest BCUT2D eigenvalue weighted by Crippen LogP contribution is 2.48. The summed E-state index contributed by atoms with van der Waals surface area (Å²) in [5, 5.41) is 2.37. The Morgan fingerprint density at radius 1 is 0.961 bits per heavy atom. The number of carbonyl (C=O) groups is 2. The molecule has 9 nitrogen and oxygen atoms in total. The number of likely N-dealkylation sites (tertiary alicyclic amines) is 1. The lowest BCUT2D eigenvalue weighted by Gasteiger charge is -2.39. The summed E-state index contributed by atoms with van der Waals surface area (Å²) < 4.78 is 35.7. The van der Waals surface area contributed by atoms with Gasteiger partial charge in [0.15, 0.2) is 0 Å². The van der Waals surface area contributed by atoms with Crippen LogP contribution in [0.3, 0.4) is 0 Å². The fourth-order valence-corrected chi connectivity index (χ4v) is 10.4. The van der Waals surface area contributed by atoms with Crippen LogP contribution in [-0.4, -0.2) is 79.2 Å². The van der Waals surface area contributed by atoms with Gasteiger partial charge in [-0.1, -0.05) is 25.3 Å². The maximum absolute atomic E-state index is 14.4. The van der Waals surface area contributed by atoms with Gasteiger partial charge in [-0.05, 0) is 117 Å². The van der Waals surface area contributed by atoms with E-state index in [9.17, 15) is 18.0 Å². The number of carbonyl (C=O) groups excluding carboxylic acids is 2. The average Bonchev–Trinajstić information content (AvgIpc) is 3.77. The van der Waals surface area contributed by atoms with Crippen molar-refractivity contribution in [3.05, 3.63) is 75.0 Å². The summed E-state index contributed by atoms with van der Waals surface area (Å²) in [5.74, 6) is 0.577. The minimum absolute atomic E-state index is 0.105. The molecule has 11 heteroatoms. The van der Waals surface area contributed by atoms with Crippen molar-refractivity contribution in [2.45, 2.75) is 88.6 Å². The molecule has 2 aromatic heterocycles. The van der Waals surface area contributed by atoms with Crippen LogP contribution in [0.4, 0.5) is 0 Å². The molecule has 1 saturated carbocycles. The lowest BCUT2D eigenvalue weighted by Crippen LogP contribution is -2.54. The minimum atomic E-state index is -3.81. The van der Waals surface area contributed by atoms with Gasteiger partial charge in [0.2, 0.25) is 10.0 Å². The third-order valence-corrected chi connectivity index (χ3v) is 14.2. The van der Waals surface area contributed by atoms with Crippen LogP contribution in [0.2, 0.25) is 0 Å². The first-order valence-corrected chi connectivity index (χ1v) is 20.7. The maximum atomic E-state index is 14.4. The molecule has 5 heterocycles. The van der Waals surface area contributed by atoms with Gasteiger partial charge in [-0.3, -0.25) is 9.59 Å². The molecule has 2 amide bonds. The van der Waals surface area contributed by atoms with Crippen molar-refractivity contribution in [3.8, 4) is 17.0 Å². The van der Waals surface area contributed by atoms with Gasteiger partial charge >= 0.3 is 0 Å². The number of likely N-dealkylation sites (N-methyl/N-ethyl adjacent to an activating group) is 1. The van der Waals surface area contributed by atoms with Crippen molar-refractivity contribution in [1.82, 2.24) is 19.1 Å². The first-order chi connectivity index (χ1) is 24.5. The Morgan fingerprint density at radius 2 is 1.71 bits per heavy atom. The van der Waals surface area contributed by atoms with Gasteiger partial charge in [0.05, 0.1) is 23.6 Å². The van der Waals surface area contributed by atoms with E-state index in [1.165, 1.54) is 12.0 Å². The zero-order valence-corrected chi connectivity index (χ0v) is 31.4. The number of methoxy groups -OCH3 is 1. The minimum Gasteiger partial charge on any atom is -0.497 e. The molecular formula is C40H46N4O5S2. The Bertz CT molecular complexity index is 2160. The standard InChI is InChI=1S/C40H46N4O5S2/c1-24(2)51(47,48)41-39(45)26-10-14-33-35(20-26)43-21-28(38-34(16-17-50-38)40(46)44-29-11-12-30(44)23-42(3)22-29)18-27-19-31(49-4)13-15-32(27)37(43)36(33)25-8-6-5-7-9-25/h10,13-20,24-25,29-30H,5-9,11-12,21-23H2,1-4H3,(H,41,45). The van der Waals surface area contributed by atoms with E-state index in [1.807, 2.05) is 29.6 Å². The molecule has 4 aromatic rings. The summed E-state index contributed by atoms with van der Waals surface area (Å²) >= 11 is 1.60. The van der Waals surface area contributed by atoms with E-state index in [-0.39, 0.29) is 18.0 Å². The number of aromatic nitrogens is 1. The van der Waals surface area contributed by atoms with E-state index in [4.69, 9.17) is 4.74 Å². The third-order valence-electron chi connectivity index (χ3n) is 11.5. The predicted molar refractivity (Wildman–Crippen MR) is 204 cm³/mol. The molecule has 51 heavy (non-hydrogen) atoms. The van der Waals surface area contributed by atoms with Gasteiger partial charge in [0.25, 0.3) is 11.8 Å². The molecule has 1 N–H and O–H groups in total. The number of benzene rings is 2. The van der Waals surface area contributed by atoms with Crippen molar-refractivity contribution in [1.29, 1.82) is 0 Å². The smallest absolute Gasteiger partial charge is 0.264 e. The van der Waals surface area contributed by atoms with Crippen molar-refractivity contribution in [2.24, 2.45) is 0 Å². The number of amides is 2. The molecule has 2 unspecified atom stereocenters. The van der Waals surface area contributed by atoms with Crippen LogP contribution < -0.4 is 9.46 Å². The molecule has 3 fully saturated rings. The van der Waals surface area contributed by atoms with Crippen LogP contribution >= 0.6 is 11.3 Å². The van der Waals surface area contributed by atoms with E-state index < -0.39 is 21.2 Å². The number of thiophene rings is 1. The molecule has 1 aliphatic carbocycles. The van der Waals surface area contributed by atoms with Gasteiger partial charge in [0, 0.05) is 58.6 Å². The normalized spacial score (nSPS) is 21.0. The Balaban J connectivity index is 1.30. The Morgan fingerprint density at radius 3 is 2.41 bits per heavy atom. The molecule has 2 saturated heterocycles. The maximum Gasteiger partial charge on any atom is 0.264 e. The van der Waals surface area contributed by atoms with Crippen molar-refractivity contribution in [2.75, 3.05) is 27.2 Å². The van der Waals surface area contributed by atoms with E-state index in [0.29, 0.717) is 18.0 Å². The van der Waals surface area contributed by atoms with Crippen LogP contribution in [0.5, 0.6) is 5.75 Å². The highest BCUT2D eigenvalue weighted by molar-refractivity contribution is 7.90. The summed E-state index contributed by atoms with van der Waals surface area (Å²) in [6, 6.07) is 14.3. The van der Waals surface area contributed by atoms with E-state index in [2.05, 4.69) is 44.3 Å². The second-order valence-electron chi connectivity index (χ2n) is 15.0. The number of hydrogen-bond donors (Lipinski definition) is 1. The van der Waals surface area contributed by atoms with Gasteiger partial charge < -0.3 is 19.1 Å². The summed E-state index contributed by atoms with van der Waals surface area (Å²) in [6.07, 6.45) is 10.0. The summed E-state index contributed by atoms with van der Waals surface area (Å²) in [5.41, 5.74) is 7.45. The first kappa shape index (κ1) is 34.2. The monoisotopic (exact) mass is 726 g/mol. The Kier molecular flexibility index (Phi) is 8.87. The van der Waals surface area contributed by atoms with Gasteiger partial charge in [0.1, 0.15) is 5.75 Å². The second kappa shape index (κ2) is 13.2. The summed E-state index contributed by atoms with van der Waals surface area (Å²) in [6.45, 7) is 5.39. The fourth-order valence-electron chi connectivity index (χ4n) is 8.94. The molecule has 4 aliphatic rings. The van der Waals surface area contributed by atoms with Crippen molar-refractivity contribution < 1.29 is 22.7 Å². The van der Waals surface area contributed by atoms with Crippen LogP contribution in [0.25, 0.3) is 33.8 Å². The number of fused-ring (bicyclic) bond motifs is 7. The van der Waals surface area contributed by atoms with E-state index in [1.54, 1.807) is 38.4 Å². The molecule has 0 radical (unpaired) electrons. The van der Waals surface area contributed by atoms with Gasteiger partial charge in [-0.25, -0.2) is 13.1 Å². The Labute approximate surface area is 304 Å². The molecule has 8 rings (SSSR count). The largest absolute Gasteiger partial charge is 0.497 e. The quantitative estimate of drug-likeness (QED) is 0.214. The fraction of sp³-hybridized carbons (Fsp3) is 0.450. The topological polar surface area (TPSA) is 101 Å². The molecule has 2 bridgehead atoms.